The quantitative estimate of drug-likeness (QED) is 0.817. The average molecular weight is 269 g/mol. The number of fused-ring (bicyclic) bond motifs is 1. The van der Waals surface area contributed by atoms with Gasteiger partial charge in [0.2, 0.25) is 5.91 Å². The van der Waals surface area contributed by atoms with Gasteiger partial charge in [0.15, 0.2) is 0 Å². The van der Waals surface area contributed by atoms with Crippen molar-refractivity contribution < 1.29 is 9.53 Å². The molecule has 1 saturated carbocycles. The molecule has 1 fully saturated rings. The molecule has 0 unspecified atom stereocenters. The molecule has 2 aromatic rings. The highest BCUT2D eigenvalue weighted by atomic mass is 16.5. The Morgan fingerprint density at radius 2 is 1.95 bits per heavy atom. The first kappa shape index (κ1) is 13.0. The molecule has 3 rings (SSSR count). The molecule has 3 nitrogen and oxygen atoms in total. The van der Waals surface area contributed by atoms with Crippen LogP contribution in [0.25, 0.3) is 10.8 Å². The number of rotatable bonds is 6. The lowest BCUT2D eigenvalue weighted by Gasteiger charge is -2.09. The lowest BCUT2D eigenvalue weighted by Crippen LogP contribution is -2.25. The predicted molar refractivity (Wildman–Crippen MR) is 79.8 cm³/mol. The zero-order valence-corrected chi connectivity index (χ0v) is 11.5. The summed E-state index contributed by atoms with van der Waals surface area (Å²) in [5.74, 6) is 1.04. The summed E-state index contributed by atoms with van der Waals surface area (Å²) in [5.41, 5.74) is 0. The number of hydrogen-bond acceptors (Lipinski definition) is 2. The van der Waals surface area contributed by atoms with E-state index in [4.69, 9.17) is 4.74 Å². The monoisotopic (exact) mass is 269 g/mol. The summed E-state index contributed by atoms with van der Waals surface area (Å²) in [5, 5.41) is 5.29. The topological polar surface area (TPSA) is 38.3 Å². The van der Waals surface area contributed by atoms with Crippen LogP contribution in [0.4, 0.5) is 0 Å². The molecule has 0 atom stereocenters. The molecular formula is C17H19NO2. The van der Waals surface area contributed by atoms with Crippen molar-refractivity contribution in [3.8, 4) is 5.75 Å². The predicted octanol–water partition coefficient (Wildman–Crippen LogP) is 3.28. The van der Waals surface area contributed by atoms with Gasteiger partial charge in [-0.15, -0.1) is 0 Å². The van der Waals surface area contributed by atoms with Crippen LogP contribution in [0.2, 0.25) is 0 Å². The third-order valence-electron chi connectivity index (χ3n) is 3.50. The van der Waals surface area contributed by atoms with Gasteiger partial charge in [-0.3, -0.25) is 4.79 Å². The molecule has 1 aliphatic carbocycles. The summed E-state index contributed by atoms with van der Waals surface area (Å²) < 4.78 is 5.81. The molecule has 0 aliphatic heterocycles. The average Bonchev–Trinajstić information content (AvgIpc) is 3.27. The zero-order chi connectivity index (χ0) is 13.8. The molecule has 104 valence electrons. The van der Waals surface area contributed by atoms with Crippen molar-refractivity contribution in [2.75, 3.05) is 6.61 Å². The van der Waals surface area contributed by atoms with E-state index in [0.29, 0.717) is 19.1 Å². The Morgan fingerprint density at radius 3 is 2.80 bits per heavy atom. The summed E-state index contributed by atoms with van der Waals surface area (Å²) in [6.45, 7) is 0.575. The van der Waals surface area contributed by atoms with Gasteiger partial charge in [0.1, 0.15) is 5.75 Å². The van der Waals surface area contributed by atoms with Crippen molar-refractivity contribution in [1.82, 2.24) is 5.32 Å². The maximum atomic E-state index is 11.6. The van der Waals surface area contributed by atoms with Crippen LogP contribution in [0.3, 0.4) is 0 Å². The lowest BCUT2D eigenvalue weighted by atomic mass is 10.1. The second-order valence-corrected chi connectivity index (χ2v) is 5.27. The fourth-order valence-corrected chi connectivity index (χ4v) is 2.26. The van der Waals surface area contributed by atoms with E-state index in [9.17, 15) is 4.79 Å². The summed E-state index contributed by atoms with van der Waals surface area (Å²) >= 11 is 0. The van der Waals surface area contributed by atoms with E-state index < -0.39 is 0 Å². The summed E-state index contributed by atoms with van der Waals surface area (Å²) in [6.07, 6.45) is 3.57. The van der Waals surface area contributed by atoms with Crippen molar-refractivity contribution in [3.63, 3.8) is 0 Å². The molecule has 0 aromatic heterocycles. The van der Waals surface area contributed by atoms with Gasteiger partial charge in [-0.05, 0) is 30.7 Å². The smallest absolute Gasteiger partial charge is 0.220 e. The fourth-order valence-electron chi connectivity index (χ4n) is 2.26. The molecule has 0 spiro atoms. The third-order valence-corrected chi connectivity index (χ3v) is 3.50. The van der Waals surface area contributed by atoms with E-state index in [1.807, 2.05) is 24.3 Å². The van der Waals surface area contributed by atoms with E-state index in [0.717, 1.165) is 30.4 Å². The van der Waals surface area contributed by atoms with Crippen LogP contribution in [-0.2, 0) is 4.79 Å². The second-order valence-electron chi connectivity index (χ2n) is 5.27. The Balaban J connectivity index is 1.50. The van der Waals surface area contributed by atoms with Crippen LogP contribution < -0.4 is 10.1 Å². The SMILES string of the molecule is O=C(CCCOc1cccc2ccccc12)NC1CC1. The fraction of sp³-hybridized carbons (Fsp3) is 0.353. The van der Waals surface area contributed by atoms with Gasteiger partial charge >= 0.3 is 0 Å². The minimum atomic E-state index is 0.147. The molecule has 20 heavy (non-hydrogen) atoms. The van der Waals surface area contributed by atoms with E-state index in [1.165, 1.54) is 5.39 Å². The van der Waals surface area contributed by atoms with E-state index in [1.54, 1.807) is 0 Å². The van der Waals surface area contributed by atoms with Crippen molar-refractivity contribution in [1.29, 1.82) is 0 Å². The Bertz CT molecular complexity index is 599. The van der Waals surface area contributed by atoms with Crippen molar-refractivity contribution in [3.05, 3.63) is 42.5 Å². The summed E-state index contributed by atoms with van der Waals surface area (Å²) in [4.78, 5) is 11.6. The number of ether oxygens (including phenoxy) is 1. The second kappa shape index (κ2) is 5.95. The number of carbonyl (C=O) groups is 1. The minimum absolute atomic E-state index is 0.147. The Morgan fingerprint density at radius 1 is 1.15 bits per heavy atom. The van der Waals surface area contributed by atoms with Crippen LogP contribution in [0, 0.1) is 0 Å². The Labute approximate surface area is 118 Å². The standard InChI is InChI=1S/C17H19NO2/c19-17(18-14-10-11-14)9-4-12-20-16-8-3-6-13-5-1-2-7-15(13)16/h1-3,5-8,14H,4,9-12H2,(H,18,19). The minimum Gasteiger partial charge on any atom is -0.493 e. The zero-order valence-electron chi connectivity index (χ0n) is 11.5. The highest BCUT2D eigenvalue weighted by molar-refractivity contribution is 5.88. The lowest BCUT2D eigenvalue weighted by molar-refractivity contribution is -0.121. The van der Waals surface area contributed by atoms with Gasteiger partial charge in [-0.1, -0.05) is 36.4 Å². The maximum Gasteiger partial charge on any atom is 0.220 e. The van der Waals surface area contributed by atoms with Gasteiger partial charge in [0.25, 0.3) is 0 Å². The van der Waals surface area contributed by atoms with Gasteiger partial charge in [-0.2, -0.15) is 0 Å². The number of hydrogen-bond donors (Lipinski definition) is 1. The molecule has 1 amide bonds. The van der Waals surface area contributed by atoms with E-state index >= 15 is 0 Å². The summed E-state index contributed by atoms with van der Waals surface area (Å²) in [6, 6.07) is 14.7. The third kappa shape index (κ3) is 3.29. The van der Waals surface area contributed by atoms with Crippen LogP contribution in [0.5, 0.6) is 5.75 Å². The normalized spacial score (nSPS) is 14.2. The van der Waals surface area contributed by atoms with Crippen LogP contribution in [0.15, 0.2) is 42.5 Å². The highest BCUT2D eigenvalue weighted by Gasteiger charge is 2.22. The largest absolute Gasteiger partial charge is 0.493 e. The van der Waals surface area contributed by atoms with Gasteiger partial charge in [0, 0.05) is 17.8 Å². The molecule has 0 radical (unpaired) electrons. The number of amides is 1. The maximum absolute atomic E-state index is 11.6. The van der Waals surface area contributed by atoms with Crippen molar-refractivity contribution in [2.24, 2.45) is 0 Å². The first-order valence-corrected chi connectivity index (χ1v) is 7.23. The molecule has 1 N–H and O–H groups in total. The first-order chi connectivity index (χ1) is 9.83. The van der Waals surface area contributed by atoms with Crippen LogP contribution in [0.1, 0.15) is 25.7 Å². The first-order valence-electron chi connectivity index (χ1n) is 7.23. The summed E-state index contributed by atoms with van der Waals surface area (Å²) in [7, 11) is 0. The Kier molecular flexibility index (Phi) is 3.86. The van der Waals surface area contributed by atoms with Crippen molar-refractivity contribution >= 4 is 16.7 Å². The molecule has 2 aromatic carbocycles. The highest BCUT2D eigenvalue weighted by Crippen LogP contribution is 2.25. The molecule has 0 bridgehead atoms. The number of nitrogens with one attached hydrogen (secondary N) is 1. The van der Waals surface area contributed by atoms with E-state index in [-0.39, 0.29) is 5.91 Å². The van der Waals surface area contributed by atoms with Crippen LogP contribution in [-0.4, -0.2) is 18.6 Å². The molecule has 3 heteroatoms. The molecular weight excluding hydrogens is 250 g/mol. The van der Waals surface area contributed by atoms with Crippen molar-refractivity contribution in [2.45, 2.75) is 31.7 Å². The molecule has 0 heterocycles. The number of benzene rings is 2. The molecule has 0 saturated heterocycles. The number of carbonyl (C=O) groups excluding carboxylic acids is 1. The van der Waals surface area contributed by atoms with Gasteiger partial charge < -0.3 is 10.1 Å². The van der Waals surface area contributed by atoms with E-state index in [2.05, 4.69) is 23.5 Å². The Hall–Kier alpha value is -2.03. The van der Waals surface area contributed by atoms with Gasteiger partial charge in [-0.25, -0.2) is 0 Å². The van der Waals surface area contributed by atoms with Gasteiger partial charge in [0.05, 0.1) is 6.61 Å². The van der Waals surface area contributed by atoms with Crippen LogP contribution >= 0.6 is 0 Å². The molecule has 1 aliphatic rings.